The van der Waals surface area contributed by atoms with E-state index in [1.54, 1.807) is 6.92 Å². The van der Waals surface area contributed by atoms with Crippen LogP contribution in [0.1, 0.15) is 13.8 Å². The molecule has 0 bridgehead atoms. The van der Waals surface area contributed by atoms with Crippen LogP contribution in [0.2, 0.25) is 0 Å². The Morgan fingerprint density at radius 2 is 2.08 bits per heavy atom. The molecule has 0 heterocycles. The van der Waals surface area contributed by atoms with E-state index in [9.17, 15) is 9.59 Å². The van der Waals surface area contributed by atoms with Crippen LogP contribution >= 0.6 is 0 Å². The average Bonchev–Trinajstić information content (AvgIpc) is 2.04. The Labute approximate surface area is 77.5 Å². The minimum atomic E-state index is -0.858. The van der Waals surface area contributed by atoms with Crippen LogP contribution in [0.25, 0.3) is 0 Å². The third kappa shape index (κ3) is 6.10. The Kier molecular flexibility index (Phi) is 5.88. The lowest BCUT2D eigenvalue weighted by atomic mass is 10.2. The largest absolute Gasteiger partial charge is 0.481 e. The monoisotopic (exact) mass is 188 g/mol. The molecule has 0 aromatic rings. The normalized spacial score (nSPS) is 12.2. The highest BCUT2D eigenvalue weighted by Gasteiger charge is 2.10. The van der Waals surface area contributed by atoms with Crippen molar-refractivity contribution in [2.45, 2.75) is 13.8 Å². The molecule has 0 saturated carbocycles. The predicted octanol–water partition coefficient (Wildman–Crippen LogP) is -0.567. The van der Waals surface area contributed by atoms with Crippen molar-refractivity contribution in [1.82, 2.24) is 10.6 Å². The number of carboxylic acids is 1. The molecule has 0 aromatic carbocycles. The van der Waals surface area contributed by atoms with Crippen LogP contribution in [0.3, 0.4) is 0 Å². The molecular formula is C8H16N2O3. The van der Waals surface area contributed by atoms with Crippen LogP contribution in [-0.4, -0.2) is 36.6 Å². The second kappa shape index (κ2) is 6.42. The number of carbonyl (C=O) groups excluding carboxylic acids is 1. The zero-order chi connectivity index (χ0) is 10.3. The number of carbonyl (C=O) groups is 2. The molecule has 13 heavy (non-hydrogen) atoms. The number of amides is 1. The maximum atomic E-state index is 10.9. The van der Waals surface area contributed by atoms with Gasteiger partial charge in [-0.25, -0.2) is 0 Å². The fraction of sp³-hybridized carbons (Fsp3) is 0.750. The molecular weight excluding hydrogens is 172 g/mol. The van der Waals surface area contributed by atoms with Gasteiger partial charge < -0.3 is 15.7 Å². The van der Waals surface area contributed by atoms with Gasteiger partial charge in [0.25, 0.3) is 0 Å². The van der Waals surface area contributed by atoms with Gasteiger partial charge in [0.05, 0.1) is 12.5 Å². The molecule has 5 heteroatoms. The second-order valence-corrected chi connectivity index (χ2v) is 2.82. The number of hydrogen-bond donors (Lipinski definition) is 3. The van der Waals surface area contributed by atoms with Gasteiger partial charge >= 0.3 is 5.97 Å². The van der Waals surface area contributed by atoms with E-state index in [2.05, 4.69) is 10.6 Å². The van der Waals surface area contributed by atoms with Crippen LogP contribution in [-0.2, 0) is 9.59 Å². The molecule has 0 spiro atoms. The molecule has 1 unspecified atom stereocenters. The maximum Gasteiger partial charge on any atom is 0.307 e. The van der Waals surface area contributed by atoms with Gasteiger partial charge in [0.1, 0.15) is 0 Å². The van der Waals surface area contributed by atoms with Gasteiger partial charge in [-0.2, -0.15) is 0 Å². The molecule has 5 nitrogen and oxygen atoms in total. The Morgan fingerprint density at radius 1 is 1.46 bits per heavy atom. The first kappa shape index (κ1) is 11.9. The smallest absolute Gasteiger partial charge is 0.307 e. The first-order valence-corrected chi connectivity index (χ1v) is 4.28. The molecule has 0 aliphatic carbocycles. The van der Waals surface area contributed by atoms with Gasteiger partial charge in [-0.15, -0.1) is 0 Å². The van der Waals surface area contributed by atoms with Gasteiger partial charge in [-0.1, -0.05) is 6.92 Å². The highest BCUT2D eigenvalue weighted by molar-refractivity contribution is 5.78. The maximum absolute atomic E-state index is 10.9. The van der Waals surface area contributed by atoms with E-state index in [1.807, 2.05) is 6.92 Å². The van der Waals surface area contributed by atoms with E-state index >= 15 is 0 Å². The summed E-state index contributed by atoms with van der Waals surface area (Å²) >= 11 is 0. The molecule has 1 atom stereocenters. The van der Waals surface area contributed by atoms with Crippen LogP contribution in [0.4, 0.5) is 0 Å². The third-order valence-corrected chi connectivity index (χ3v) is 1.53. The van der Waals surface area contributed by atoms with Crippen molar-refractivity contribution >= 4 is 11.9 Å². The summed E-state index contributed by atoms with van der Waals surface area (Å²) < 4.78 is 0. The lowest BCUT2D eigenvalue weighted by Crippen LogP contribution is -2.36. The lowest BCUT2D eigenvalue weighted by molar-refractivity contribution is -0.141. The van der Waals surface area contributed by atoms with Crippen LogP contribution < -0.4 is 10.6 Å². The quantitative estimate of drug-likeness (QED) is 0.521. The SMILES string of the molecule is CCNC(=O)CNCC(C)C(=O)O. The highest BCUT2D eigenvalue weighted by atomic mass is 16.4. The van der Waals surface area contributed by atoms with Gasteiger partial charge in [0, 0.05) is 13.1 Å². The van der Waals surface area contributed by atoms with Crippen molar-refractivity contribution in [2.24, 2.45) is 5.92 Å². The van der Waals surface area contributed by atoms with Crippen molar-refractivity contribution in [3.05, 3.63) is 0 Å². The zero-order valence-corrected chi connectivity index (χ0v) is 7.96. The Hall–Kier alpha value is -1.10. The van der Waals surface area contributed by atoms with Crippen molar-refractivity contribution in [2.75, 3.05) is 19.6 Å². The predicted molar refractivity (Wildman–Crippen MR) is 48.4 cm³/mol. The lowest BCUT2D eigenvalue weighted by Gasteiger charge is -2.07. The number of carboxylic acid groups (broad SMARTS) is 1. The molecule has 0 radical (unpaired) electrons. The topological polar surface area (TPSA) is 78.4 Å². The van der Waals surface area contributed by atoms with Gasteiger partial charge in [-0.05, 0) is 6.92 Å². The van der Waals surface area contributed by atoms with E-state index in [0.29, 0.717) is 13.1 Å². The summed E-state index contributed by atoms with van der Waals surface area (Å²) in [6, 6.07) is 0. The van der Waals surface area contributed by atoms with Crippen molar-refractivity contribution in [1.29, 1.82) is 0 Å². The minimum absolute atomic E-state index is 0.111. The third-order valence-electron chi connectivity index (χ3n) is 1.53. The molecule has 0 aliphatic heterocycles. The van der Waals surface area contributed by atoms with Crippen molar-refractivity contribution in [3.8, 4) is 0 Å². The number of aliphatic carboxylic acids is 1. The summed E-state index contributed by atoms with van der Waals surface area (Å²) in [5.74, 6) is -1.43. The van der Waals surface area contributed by atoms with Gasteiger partial charge in [-0.3, -0.25) is 9.59 Å². The first-order chi connectivity index (χ1) is 6.07. The molecule has 0 aromatic heterocycles. The zero-order valence-electron chi connectivity index (χ0n) is 7.96. The molecule has 0 aliphatic rings. The minimum Gasteiger partial charge on any atom is -0.481 e. The number of rotatable bonds is 6. The Bertz CT molecular complexity index is 182. The van der Waals surface area contributed by atoms with E-state index in [-0.39, 0.29) is 12.5 Å². The second-order valence-electron chi connectivity index (χ2n) is 2.82. The molecule has 3 N–H and O–H groups in total. The van der Waals surface area contributed by atoms with Crippen LogP contribution in [0.5, 0.6) is 0 Å². The highest BCUT2D eigenvalue weighted by Crippen LogP contribution is 1.90. The standard InChI is InChI=1S/C8H16N2O3/c1-3-10-7(11)5-9-4-6(2)8(12)13/h6,9H,3-5H2,1-2H3,(H,10,11)(H,12,13). The molecule has 0 saturated heterocycles. The van der Waals surface area contributed by atoms with Gasteiger partial charge in [0.15, 0.2) is 0 Å². The number of likely N-dealkylation sites (N-methyl/N-ethyl adjacent to an activating group) is 1. The summed E-state index contributed by atoms with van der Waals surface area (Å²) in [6.07, 6.45) is 0. The summed E-state index contributed by atoms with van der Waals surface area (Å²) in [6.45, 7) is 4.50. The van der Waals surface area contributed by atoms with Crippen molar-refractivity contribution in [3.63, 3.8) is 0 Å². The van der Waals surface area contributed by atoms with Crippen LogP contribution in [0.15, 0.2) is 0 Å². The summed E-state index contributed by atoms with van der Waals surface area (Å²) in [4.78, 5) is 21.2. The molecule has 76 valence electrons. The molecule has 0 rings (SSSR count). The molecule has 1 amide bonds. The van der Waals surface area contributed by atoms with E-state index in [0.717, 1.165) is 0 Å². The Balaban J connectivity index is 3.44. The van der Waals surface area contributed by atoms with E-state index in [4.69, 9.17) is 5.11 Å². The number of nitrogens with one attached hydrogen (secondary N) is 2. The number of hydrogen-bond acceptors (Lipinski definition) is 3. The Morgan fingerprint density at radius 3 is 2.54 bits per heavy atom. The fourth-order valence-corrected chi connectivity index (χ4v) is 0.749. The van der Waals surface area contributed by atoms with E-state index in [1.165, 1.54) is 0 Å². The van der Waals surface area contributed by atoms with Crippen LogP contribution in [0, 0.1) is 5.92 Å². The summed E-state index contributed by atoms with van der Waals surface area (Å²) in [7, 11) is 0. The molecule has 0 fully saturated rings. The summed E-state index contributed by atoms with van der Waals surface area (Å²) in [5.41, 5.74) is 0. The van der Waals surface area contributed by atoms with E-state index < -0.39 is 11.9 Å². The van der Waals surface area contributed by atoms with Crippen molar-refractivity contribution < 1.29 is 14.7 Å². The first-order valence-electron chi connectivity index (χ1n) is 4.28. The fourth-order valence-electron chi connectivity index (χ4n) is 0.749. The van der Waals surface area contributed by atoms with Gasteiger partial charge in [0.2, 0.25) is 5.91 Å². The average molecular weight is 188 g/mol. The summed E-state index contributed by atoms with van der Waals surface area (Å²) in [5, 5.41) is 13.9.